The Labute approximate surface area is 171 Å². The number of nitrogens with one attached hydrogen (secondary N) is 2. The maximum Gasteiger partial charge on any atom is 0.251 e. The van der Waals surface area contributed by atoms with Crippen molar-refractivity contribution in [3.05, 3.63) is 53.6 Å². The molecular weight excluding hydrogens is 368 g/mol. The molecule has 2 aromatic carbocycles. The van der Waals surface area contributed by atoms with Crippen molar-refractivity contribution in [3.8, 4) is 11.5 Å². The minimum atomic E-state index is -0.671. The van der Waals surface area contributed by atoms with E-state index < -0.39 is 6.04 Å². The van der Waals surface area contributed by atoms with E-state index in [1.165, 1.54) is 0 Å². The largest absolute Gasteiger partial charge is 0.454 e. The lowest BCUT2D eigenvalue weighted by atomic mass is 9.86. The second kappa shape index (κ2) is 8.15. The van der Waals surface area contributed by atoms with Gasteiger partial charge >= 0.3 is 0 Å². The number of rotatable bonds is 5. The van der Waals surface area contributed by atoms with Crippen molar-refractivity contribution in [1.82, 2.24) is 5.32 Å². The smallest absolute Gasteiger partial charge is 0.251 e. The molecule has 6 heteroatoms. The zero-order valence-corrected chi connectivity index (χ0v) is 17.5. The first-order chi connectivity index (χ1) is 13.6. The van der Waals surface area contributed by atoms with E-state index in [4.69, 9.17) is 9.47 Å². The molecule has 0 aliphatic carbocycles. The summed E-state index contributed by atoms with van der Waals surface area (Å²) in [5.41, 5.74) is 2.28. The molecule has 0 spiro atoms. The standard InChI is InChI=1S/C23H28N2O4/c1-14(2)20(22(27)24-17-10-11-18-19(12-17)29-13-28-18)25-21(26)15-6-8-16(9-7-15)23(3,4)5/h6-12,14,20H,13H2,1-5H3,(H,24,27)(H,25,26)/t20-/m1/s1. The van der Waals surface area contributed by atoms with E-state index in [0.29, 0.717) is 22.7 Å². The number of carbonyl (C=O) groups is 2. The Kier molecular flexibility index (Phi) is 5.82. The van der Waals surface area contributed by atoms with Gasteiger partial charge < -0.3 is 20.1 Å². The van der Waals surface area contributed by atoms with E-state index in [1.807, 2.05) is 26.0 Å². The van der Waals surface area contributed by atoms with Crippen LogP contribution in [0.1, 0.15) is 50.5 Å². The van der Waals surface area contributed by atoms with Gasteiger partial charge in [-0.1, -0.05) is 46.8 Å². The van der Waals surface area contributed by atoms with Crippen molar-refractivity contribution >= 4 is 17.5 Å². The van der Waals surface area contributed by atoms with Crippen molar-refractivity contribution in [2.75, 3.05) is 12.1 Å². The third-order valence-corrected chi connectivity index (χ3v) is 4.89. The molecule has 0 bridgehead atoms. The van der Waals surface area contributed by atoms with Gasteiger partial charge in [-0.15, -0.1) is 0 Å². The average molecular weight is 396 g/mol. The molecule has 2 N–H and O–H groups in total. The number of fused-ring (bicyclic) bond motifs is 1. The minimum Gasteiger partial charge on any atom is -0.454 e. The highest BCUT2D eigenvalue weighted by molar-refractivity contribution is 6.01. The van der Waals surface area contributed by atoms with Crippen molar-refractivity contribution in [2.45, 2.75) is 46.1 Å². The van der Waals surface area contributed by atoms with E-state index in [1.54, 1.807) is 30.3 Å². The van der Waals surface area contributed by atoms with E-state index in [2.05, 4.69) is 31.4 Å². The van der Waals surface area contributed by atoms with Gasteiger partial charge in [0.15, 0.2) is 11.5 Å². The van der Waals surface area contributed by atoms with Crippen LogP contribution in [-0.2, 0) is 10.2 Å². The van der Waals surface area contributed by atoms with Crippen LogP contribution in [0.2, 0.25) is 0 Å². The molecule has 0 unspecified atom stereocenters. The molecule has 1 heterocycles. The third kappa shape index (κ3) is 4.88. The summed E-state index contributed by atoms with van der Waals surface area (Å²) in [6, 6.07) is 12.0. The molecule has 0 saturated heterocycles. The molecule has 0 saturated carbocycles. The Morgan fingerprint density at radius 2 is 1.62 bits per heavy atom. The van der Waals surface area contributed by atoms with E-state index >= 15 is 0 Å². The molecule has 1 atom stereocenters. The van der Waals surface area contributed by atoms with Crippen molar-refractivity contribution in [2.24, 2.45) is 5.92 Å². The molecule has 6 nitrogen and oxygen atoms in total. The third-order valence-electron chi connectivity index (χ3n) is 4.89. The summed E-state index contributed by atoms with van der Waals surface area (Å²) in [6.45, 7) is 10.3. The lowest BCUT2D eigenvalue weighted by molar-refractivity contribution is -0.118. The summed E-state index contributed by atoms with van der Waals surface area (Å²) in [5, 5.41) is 5.71. The highest BCUT2D eigenvalue weighted by Crippen LogP contribution is 2.34. The van der Waals surface area contributed by atoms with Crippen LogP contribution in [0.25, 0.3) is 0 Å². The molecule has 2 amide bonds. The number of anilines is 1. The Bertz CT molecular complexity index is 898. The number of hydrogen-bond acceptors (Lipinski definition) is 4. The fourth-order valence-electron chi connectivity index (χ4n) is 3.08. The van der Waals surface area contributed by atoms with Gasteiger partial charge in [0.05, 0.1) is 0 Å². The molecular formula is C23H28N2O4. The average Bonchev–Trinajstić information content (AvgIpc) is 3.12. The molecule has 0 radical (unpaired) electrons. The maximum atomic E-state index is 12.8. The Balaban J connectivity index is 1.69. The number of benzene rings is 2. The predicted molar refractivity (Wildman–Crippen MR) is 112 cm³/mol. The normalized spacial score (nSPS) is 13.9. The Morgan fingerprint density at radius 3 is 2.24 bits per heavy atom. The molecule has 1 aliphatic heterocycles. The van der Waals surface area contributed by atoms with Crippen LogP contribution in [0.4, 0.5) is 5.69 Å². The molecule has 1 aliphatic rings. The van der Waals surface area contributed by atoms with Crippen LogP contribution in [0.3, 0.4) is 0 Å². The number of carbonyl (C=O) groups excluding carboxylic acids is 2. The highest BCUT2D eigenvalue weighted by atomic mass is 16.7. The Hall–Kier alpha value is -3.02. The predicted octanol–water partition coefficient (Wildman–Crippen LogP) is 4.11. The van der Waals surface area contributed by atoms with Gasteiger partial charge in [-0.05, 0) is 41.2 Å². The first kappa shape index (κ1) is 20.7. The van der Waals surface area contributed by atoms with Gasteiger partial charge in [-0.3, -0.25) is 9.59 Å². The second-order valence-electron chi connectivity index (χ2n) is 8.58. The molecule has 154 valence electrons. The van der Waals surface area contributed by atoms with Crippen LogP contribution in [0, 0.1) is 5.92 Å². The van der Waals surface area contributed by atoms with Gasteiger partial charge in [0.1, 0.15) is 6.04 Å². The van der Waals surface area contributed by atoms with Crippen LogP contribution in [-0.4, -0.2) is 24.6 Å². The number of ether oxygens (including phenoxy) is 2. The first-order valence-electron chi connectivity index (χ1n) is 9.77. The SMILES string of the molecule is CC(C)[C@@H](NC(=O)c1ccc(C(C)(C)C)cc1)C(=O)Nc1ccc2c(c1)OCO2. The maximum absolute atomic E-state index is 12.8. The monoisotopic (exact) mass is 396 g/mol. The quantitative estimate of drug-likeness (QED) is 0.798. The van der Waals surface area contributed by atoms with E-state index in [9.17, 15) is 9.59 Å². The number of hydrogen-bond donors (Lipinski definition) is 2. The van der Waals surface area contributed by atoms with Gasteiger partial charge in [0.2, 0.25) is 12.7 Å². The topological polar surface area (TPSA) is 76.7 Å². The van der Waals surface area contributed by atoms with Crippen LogP contribution < -0.4 is 20.1 Å². The molecule has 0 fully saturated rings. The van der Waals surface area contributed by atoms with Crippen LogP contribution >= 0.6 is 0 Å². The minimum absolute atomic E-state index is 0.0139. The summed E-state index contributed by atoms with van der Waals surface area (Å²) in [5.74, 6) is 0.604. The van der Waals surface area contributed by atoms with Crippen molar-refractivity contribution in [3.63, 3.8) is 0 Å². The summed E-state index contributed by atoms with van der Waals surface area (Å²) in [7, 11) is 0. The Morgan fingerprint density at radius 1 is 0.966 bits per heavy atom. The molecule has 0 aromatic heterocycles. The van der Waals surface area contributed by atoms with E-state index in [0.717, 1.165) is 5.56 Å². The van der Waals surface area contributed by atoms with E-state index in [-0.39, 0.29) is 29.9 Å². The van der Waals surface area contributed by atoms with Crippen LogP contribution in [0.15, 0.2) is 42.5 Å². The zero-order chi connectivity index (χ0) is 21.2. The lowest BCUT2D eigenvalue weighted by Gasteiger charge is -2.22. The van der Waals surface area contributed by atoms with Gasteiger partial charge in [-0.25, -0.2) is 0 Å². The molecule has 2 aromatic rings. The fourth-order valence-corrected chi connectivity index (χ4v) is 3.08. The summed E-state index contributed by atoms with van der Waals surface area (Å²) in [4.78, 5) is 25.5. The zero-order valence-electron chi connectivity index (χ0n) is 17.5. The second-order valence-corrected chi connectivity index (χ2v) is 8.58. The number of amides is 2. The molecule has 3 rings (SSSR count). The van der Waals surface area contributed by atoms with Crippen molar-refractivity contribution in [1.29, 1.82) is 0 Å². The summed E-state index contributed by atoms with van der Waals surface area (Å²) in [6.07, 6.45) is 0. The first-order valence-corrected chi connectivity index (χ1v) is 9.77. The highest BCUT2D eigenvalue weighted by Gasteiger charge is 2.26. The van der Waals surface area contributed by atoms with Gasteiger partial charge in [0.25, 0.3) is 5.91 Å². The van der Waals surface area contributed by atoms with Crippen LogP contribution in [0.5, 0.6) is 11.5 Å². The van der Waals surface area contributed by atoms with Gasteiger partial charge in [0, 0.05) is 17.3 Å². The summed E-state index contributed by atoms with van der Waals surface area (Å²) < 4.78 is 10.6. The molecule has 29 heavy (non-hydrogen) atoms. The van der Waals surface area contributed by atoms with Gasteiger partial charge in [-0.2, -0.15) is 0 Å². The fraction of sp³-hybridized carbons (Fsp3) is 0.391. The lowest BCUT2D eigenvalue weighted by Crippen LogP contribution is -2.47. The summed E-state index contributed by atoms with van der Waals surface area (Å²) >= 11 is 0. The van der Waals surface area contributed by atoms with Crippen molar-refractivity contribution < 1.29 is 19.1 Å².